The van der Waals surface area contributed by atoms with Crippen molar-refractivity contribution in [2.24, 2.45) is 5.41 Å². The fraction of sp³-hybridized carbons (Fsp3) is 0.875. The minimum atomic E-state index is -0.767. The van der Waals surface area contributed by atoms with Crippen LogP contribution in [0.3, 0.4) is 0 Å². The van der Waals surface area contributed by atoms with Crippen LogP contribution >= 0.6 is 0 Å². The van der Waals surface area contributed by atoms with Gasteiger partial charge in [-0.15, -0.1) is 0 Å². The monoisotopic (exact) mass is 281 g/mol. The Labute approximate surface area is 121 Å². The molecule has 1 saturated heterocycles. The highest BCUT2D eigenvalue weighted by molar-refractivity contribution is 5.76. The lowest BCUT2D eigenvalue weighted by Gasteiger charge is -2.45. The van der Waals surface area contributed by atoms with Gasteiger partial charge < -0.3 is 10.0 Å². The Kier molecular flexibility index (Phi) is 5.44. The number of hydrogen-bond donors (Lipinski definition) is 1. The van der Waals surface area contributed by atoms with Crippen LogP contribution in [0.2, 0.25) is 0 Å². The maximum atomic E-state index is 12.2. The van der Waals surface area contributed by atoms with Crippen molar-refractivity contribution in [1.82, 2.24) is 4.90 Å². The molecule has 1 saturated carbocycles. The van der Waals surface area contributed by atoms with Crippen LogP contribution < -0.4 is 0 Å². The summed E-state index contributed by atoms with van der Waals surface area (Å²) < 4.78 is 0. The minimum Gasteiger partial charge on any atom is -0.481 e. The van der Waals surface area contributed by atoms with Crippen molar-refractivity contribution in [1.29, 1.82) is 0 Å². The van der Waals surface area contributed by atoms with E-state index in [-0.39, 0.29) is 12.3 Å². The third-order valence-electron chi connectivity index (χ3n) is 4.96. The second kappa shape index (κ2) is 7.09. The lowest BCUT2D eigenvalue weighted by molar-refractivity contribution is -0.138. The summed E-state index contributed by atoms with van der Waals surface area (Å²) in [4.78, 5) is 24.8. The molecule has 4 heteroatoms. The number of carbonyl (C=O) groups excluding carboxylic acids is 1. The fourth-order valence-corrected chi connectivity index (χ4v) is 3.84. The van der Waals surface area contributed by atoms with Crippen LogP contribution in [0, 0.1) is 5.41 Å². The predicted molar refractivity (Wildman–Crippen MR) is 77.4 cm³/mol. The number of unbranched alkanes of at least 4 members (excludes halogenated alkanes) is 1. The summed E-state index contributed by atoms with van der Waals surface area (Å²) in [6.45, 7) is 1.85. The molecule has 0 aromatic heterocycles. The normalized spacial score (nSPS) is 21.9. The molecule has 1 amide bonds. The third-order valence-corrected chi connectivity index (χ3v) is 4.96. The van der Waals surface area contributed by atoms with Gasteiger partial charge in [-0.3, -0.25) is 9.59 Å². The minimum absolute atomic E-state index is 0.178. The van der Waals surface area contributed by atoms with E-state index in [1.165, 1.54) is 38.5 Å². The molecular weight excluding hydrogens is 254 g/mol. The molecule has 2 aliphatic rings. The summed E-state index contributed by atoms with van der Waals surface area (Å²) >= 11 is 0. The zero-order valence-electron chi connectivity index (χ0n) is 12.4. The van der Waals surface area contributed by atoms with Crippen molar-refractivity contribution in [2.75, 3.05) is 13.1 Å². The third kappa shape index (κ3) is 4.22. The molecule has 2 fully saturated rings. The van der Waals surface area contributed by atoms with E-state index >= 15 is 0 Å². The van der Waals surface area contributed by atoms with Gasteiger partial charge >= 0.3 is 5.97 Å². The van der Waals surface area contributed by atoms with E-state index in [1.54, 1.807) is 0 Å². The number of aliphatic carboxylic acids is 1. The van der Waals surface area contributed by atoms with E-state index in [2.05, 4.69) is 4.90 Å². The van der Waals surface area contributed by atoms with Gasteiger partial charge in [0.2, 0.25) is 5.91 Å². The Morgan fingerprint density at radius 1 is 0.950 bits per heavy atom. The topological polar surface area (TPSA) is 57.6 Å². The van der Waals surface area contributed by atoms with Gasteiger partial charge in [-0.05, 0) is 43.9 Å². The fourth-order valence-electron chi connectivity index (χ4n) is 3.84. The molecule has 1 N–H and O–H groups in total. The molecule has 1 aliphatic heterocycles. The van der Waals surface area contributed by atoms with E-state index in [0.29, 0.717) is 24.7 Å². The quantitative estimate of drug-likeness (QED) is 0.787. The summed E-state index contributed by atoms with van der Waals surface area (Å²) in [7, 11) is 0. The maximum absolute atomic E-state index is 12.2. The Hall–Kier alpha value is -1.06. The van der Waals surface area contributed by atoms with Crippen LogP contribution in [0.15, 0.2) is 0 Å². The van der Waals surface area contributed by atoms with Crippen molar-refractivity contribution < 1.29 is 14.7 Å². The predicted octanol–water partition coefficient (Wildman–Crippen LogP) is 3.20. The van der Waals surface area contributed by atoms with Gasteiger partial charge in [-0.2, -0.15) is 0 Å². The molecular formula is C16H27NO3. The Morgan fingerprint density at radius 3 is 2.30 bits per heavy atom. The van der Waals surface area contributed by atoms with E-state index in [4.69, 9.17) is 5.11 Å². The van der Waals surface area contributed by atoms with E-state index in [9.17, 15) is 9.59 Å². The second-order valence-electron chi connectivity index (χ2n) is 6.58. The molecule has 2 rings (SSSR count). The van der Waals surface area contributed by atoms with Crippen LogP contribution in [0.1, 0.15) is 70.6 Å². The molecule has 1 heterocycles. The number of carboxylic acids is 1. The maximum Gasteiger partial charge on any atom is 0.303 e. The first-order chi connectivity index (χ1) is 9.61. The summed E-state index contributed by atoms with van der Waals surface area (Å²) in [5, 5.41) is 8.60. The molecule has 0 aromatic carbocycles. The Bertz CT molecular complexity index is 342. The zero-order valence-corrected chi connectivity index (χ0v) is 12.4. The smallest absolute Gasteiger partial charge is 0.303 e. The number of likely N-dealkylation sites (tertiary alicyclic amines) is 1. The van der Waals surface area contributed by atoms with Crippen LogP contribution in [-0.2, 0) is 9.59 Å². The first-order valence-corrected chi connectivity index (χ1v) is 8.11. The molecule has 0 atom stereocenters. The van der Waals surface area contributed by atoms with E-state index < -0.39 is 5.97 Å². The lowest BCUT2D eigenvalue weighted by atomic mass is 9.69. The van der Waals surface area contributed by atoms with E-state index in [1.807, 2.05) is 0 Å². The van der Waals surface area contributed by atoms with Gasteiger partial charge in [0, 0.05) is 25.9 Å². The van der Waals surface area contributed by atoms with Crippen LogP contribution in [-0.4, -0.2) is 35.0 Å². The van der Waals surface area contributed by atoms with Gasteiger partial charge in [-0.1, -0.05) is 19.3 Å². The van der Waals surface area contributed by atoms with Gasteiger partial charge in [0.05, 0.1) is 0 Å². The van der Waals surface area contributed by atoms with Crippen molar-refractivity contribution >= 4 is 11.9 Å². The number of rotatable bonds is 5. The Morgan fingerprint density at radius 2 is 1.60 bits per heavy atom. The highest BCUT2D eigenvalue weighted by Gasteiger charge is 2.37. The van der Waals surface area contributed by atoms with Crippen molar-refractivity contribution in [2.45, 2.75) is 70.6 Å². The van der Waals surface area contributed by atoms with Crippen LogP contribution in [0.4, 0.5) is 0 Å². The second-order valence-corrected chi connectivity index (χ2v) is 6.58. The molecule has 4 nitrogen and oxygen atoms in total. The highest BCUT2D eigenvalue weighted by atomic mass is 16.4. The van der Waals surface area contributed by atoms with Crippen LogP contribution in [0.25, 0.3) is 0 Å². The average molecular weight is 281 g/mol. The molecule has 1 spiro atoms. The summed E-state index contributed by atoms with van der Waals surface area (Å²) in [5.41, 5.74) is 0.410. The zero-order chi connectivity index (χ0) is 14.4. The number of carboxylic acid groups (broad SMARTS) is 1. The number of nitrogens with zero attached hydrogens (tertiary/aromatic N) is 1. The van der Waals surface area contributed by atoms with Crippen molar-refractivity contribution in [3.05, 3.63) is 0 Å². The largest absolute Gasteiger partial charge is 0.481 e. The highest BCUT2D eigenvalue weighted by Crippen LogP contribution is 2.43. The molecule has 1 aliphatic carbocycles. The van der Waals surface area contributed by atoms with Crippen molar-refractivity contribution in [3.63, 3.8) is 0 Å². The first kappa shape index (κ1) is 15.3. The van der Waals surface area contributed by atoms with Gasteiger partial charge in [0.1, 0.15) is 0 Å². The van der Waals surface area contributed by atoms with Gasteiger partial charge in [0.25, 0.3) is 0 Å². The first-order valence-electron chi connectivity index (χ1n) is 8.11. The van der Waals surface area contributed by atoms with Gasteiger partial charge in [-0.25, -0.2) is 0 Å². The molecule has 20 heavy (non-hydrogen) atoms. The van der Waals surface area contributed by atoms with Crippen LogP contribution in [0.5, 0.6) is 0 Å². The summed E-state index contributed by atoms with van der Waals surface area (Å²) in [6, 6.07) is 0. The number of carbonyl (C=O) groups is 2. The average Bonchev–Trinajstić information content (AvgIpc) is 2.44. The molecule has 114 valence electrons. The SMILES string of the molecule is O=C(O)CCCCC(=O)N1CCCC2(CCCCC2)C1. The van der Waals surface area contributed by atoms with E-state index in [0.717, 1.165) is 19.5 Å². The number of piperidine rings is 1. The summed E-state index contributed by atoms with van der Waals surface area (Å²) in [5.74, 6) is -0.531. The molecule has 0 bridgehead atoms. The van der Waals surface area contributed by atoms with Crippen molar-refractivity contribution in [3.8, 4) is 0 Å². The summed E-state index contributed by atoms with van der Waals surface area (Å²) in [6.07, 6.45) is 11.0. The lowest BCUT2D eigenvalue weighted by Crippen LogP contribution is -2.46. The number of hydrogen-bond acceptors (Lipinski definition) is 2. The molecule has 0 unspecified atom stereocenters. The number of amides is 1. The van der Waals surface area contributed by atoms with Gasteiger partial charge in [0.15, 0.2) is 0 Å². The molecule has 0 radical (unpaired) electrons. The Balaban J connectivity index is 1.76. The molecule has 0 aromatic rings. The standard InChI is InChI=1S/C16H27NO3/c18-14(7-2-3-8-15(19)20)17-12-6-11-16(13-17)9-4-1-5-10-16/h1-13H2,(H,19,20).